The Hall–Kier alpha value is -3.33. The van der Waals surface area contributed by atoms with Crippen LogP contribution in [0.5, 0.6) is 0 Å². The van der Waals surface area contributed by atoms with Gasteiger partial charge in [0.2, 0.25) is 11.8 Å². The highest BCUT2D eigenvalue weighted by molar-refractivity contribution is 5.92. The highest BCUT2D eigenvalue weighted by Crippen LogP contribution is 2.19. The Morgan fingerprint density at radius 2 is 1.79 bits per heavy atom. The van der Waals surface area contributed by atoms with Crippen molar-refractivity contribution >= 4 is 23.2 Å². The summed E-state index contributed by atoms with van der Waals surface area (Å²) in [4.78, 5) is 38.8. The summed E-state index contributed by atoms with van der Waals surface area (Å²) < 4.78 is 13.2. The van der Waals surface area contributed by atoms with E-state index in [1.54, 1.807) is 29.2 Å². The van der Waals surface area contributed by atoms with E-state index in [1.165, 1.54) is 24.3 Å². The smallest absolute Gasteiger partial charge is 0.273 e. The Labute approximate surface area is 167 Å². The van der Waals surface area contributed by atoms with Gasteiger partial charge in [0, 0.05) is 43.5 Å². The van der Waals surface area contributed by atoms with Crippen LogP contribution in [0.4, 0.5) is 15.8 Å². The number of halogens is 1. The third-order valence-corrected chi connectivity index (χ3v) is 4.73. The SMILES string of the molecule is O=C(CN1CCN(C(=O)Cc2ccccc2[N+](=O)[O-])CC1)Nc1cccc(F)c1. The van der Waals surface area contributed by atoms with Gasteiger partial charge >= 0.3 is 0 Å². The number of hydrogen-bond acceptors (Lipinski definition) is 5. The van der Waals surface area contributed by atoms with Gasteiger partial charge in [0.05, 0.1) is 17.9 Å². The minimum Gasteiger partial charge on any atom is -0.340 e. The van der Waals surface area contributed by atoms with Gasteiger partial charge in [-0.25, -0.2) is 4.39 Å². The maximum Gasteiger partial charge on any atom is 0.273 e. The standard InChI is InChI=1S/C20H21FN4O4/c21-16-5-3-6-17(13-16)22-19(26)14-23-8-10-24(11-9-23)20(27)12-15-4-1-2-7-18(15)25(28)29/h1-7,13H,8-12,14H2,(H,22,26). The van der Waals surface area contributed by atoms with E-state index in [-0.39, 0.29) is 30.5 Å². The molecule has 2 aromatic carbocycles. The molecule has 1 N–H and O–H groups in total. The van der Waals surface area contributed by atoms with Gasteiger partial charge < -0.3 is 10.2 Å². The van der Waals surface area contributed by atoms with Crippen molar-refractivity contribution in [3.05, 3.63) is 70.0 Å². The molecule has 0 spiro atoms. The van der Waals surface area contributed by atoms with Crippen LogP contribution < -0.4 is 5.32 Å². The fourth-order valence-electron chi connectivity index (χ4n) is 3.24. The summed E-state index contributed by atoms with van der Waals surface area (Å²) in [5.41, 5.74) is 0.723. The number of rotatable bonds is 6. The van der Waals surface area contributed by atoms with E-state index < -0.39 is 10.7 Å². The van der Waals surface area contributed by atoms with Crippen molar-refractivity contribution in [1.29, 1.82) is 0 Å². The number of amides is 2. The van der Waals surface area contributed by atoms with Crippen molar-refractivity contribution in [2.75, 3.05) is 38.0 Å². The van der Waals surface area contributed by atoms with Gasteiger partial charge in [-0.05, 0) is 18.2 Å². The molecule has 0 bridgehead atoms. The molecule has 1 saturated heterocycles. The second kappa shape index (κ2) is 9.24. The van der Waals surface area contributed by atoms with E-state index in [4.69, 9.17) is 0 Å². The minimum absolute atomic E-state index is 0.0305. The summed E-state index contributed by atoms with van der Waals surface area (Å²) in [6.45, 7) is 2.04. The van der Waals surface area contributed by atoms with Crippen molar-refractivity contribution in [3.8, 4) is 0 Å². The highest BCUT2D eigenvalue weighted by atomic mass is 19.1. The molecule has 0 saturated carbocycles. The molecule has 1 heterocycles. The van der Waals surface area contributed by atoms with Gasteiger partial charge in [-0.15, -0.1) is 0 Å². The first-order valence-electron chi connectivity index (χ1n) is 9.20. The number of hydrogen-bond donors (Lipinski definition) is 1. The Bertz CT molecular complexity index is 913. The van der Waals surface area contributed by atoms with E-state index in [9.17, 15) is 24.1 Å². The first-order valence-corrected chi connectivity index (χ1v) is 9.20. The number of nitrogens with one attached hydrogen (secondary N) is 1. The molecule has 2 aromatic rings. The summed E-state index contributed by atoms with van der Waals surface area (Å²) >= 11 is 0. The lowest BCUT2D eigenvalue weighted by atomic mass is 10.1. The lowest BCUT2D eigenvalue weighted by molar-refractivity contribution is -0.385. The molecule has 0 aliphatic carbocycles. The lowest BCUT2D eigenvalue weighted by Gasteiger charge is -2.34. The van der Waals surface area contributed by atoms with Gasteiger partial charge in [0.25, 0.3) is 5.69 Å². The average Bonchev–Trinajstić information content (AvgIpc) is 2.68. The largest absolute Gasteiger partial charge is 0.340 e. The predicted molar refractivity (Wildman–Crippen MR) is 105 cm³/mol. The first kappa shape index (κ1) is 20.4. The van der Waals surface area contributed by atoms with Crippen LogP contribution >= 0.6 is 0 Å². The Morgan fingerprint density at radius 3 is 2.48 bits per heavy atom. The number of benzene rings is 2. The lowest BCUT2D eigenvalue weighted by Crippen LogP contribution is -2.50. The summed E-state index contributed by atoms with van der Waals surface area (Å²) in [6, 6.07) is 11.9. The fourth-order valence-corrected chi connectivity index (χ4v) is 3.24. The minimum atomic E-state index is -0.488. The number of para-hydroxylation sites is 1. The maximum absolute atomic E-state index is 13.2. The Morgan fingerprint density at radius 1 is 1.07 bits per heavy atom. The summed E-state index contributed by atoms with van der Waals surface area (Å²) in [5.74, 6) is -0.855. The molecule has 29 heavy (non-hydrogen) atoms. The zero-order chi connectivity index (χ0) is 20.8. The van der Waals surface area contributed by atoms with Crippen LogP contribution in [0.25, 0.3) is 0 Å². The van der Waals surface area contributed by atoms with E-state index in [0.717, 1.165) is 0 Å². The fraction of sp³-hybridized carbons (Fsp3) is 0.300. The number of piperazine rings is 1. The van der Waals surface area contributed by atoms with Crippen LogP contribution in [-0.4, -0.2) is 59.3 Å². The van der Waals surface area contributed by atoms with Crippen LogP contribution in [0.3, 0.4) is 0 Å². The molecule has 0 radical (unpaired) electrons. The summed E-state index contributed by atoms with van der Waals surface area (Å²) in [5, 5.41) is 13.7. The van der Waals surface area contributed by atoms with Crippen molar-refractivity contribution in [2.45, 2.75) is 6.42 Å². The Kier molecular flexibility index (Phi) is 6.50. The number of nitrogens with zero attached hydrogens (tertiary/aromatic N) is 3. The second-order valence-electron chi connectivity index (χ2n) is 6.78. The van der Waals surface area contributed by atoms with Gasteiger partial charge in [0.1, 0.15) is 5.82 Å². The quantitative estimate of drug-likeness (QED) is 0.592. The molecule has 2 amide bonds. The molecule has 0 aromatic heterocycles. The third kappa shape index (κ3) is 5.58. The third-order valence-electron chi connectivity index (χ3n) is 4.73. The number of nitro benzene ring substituents is 1. The van der Waals surface area contributed by atoms with Crippen LogP contribution in [0, 0.1) is 15.9 Å². The van der Waals surface area contributed by atoms with Gasteiger partial charge in [-0.1, -0.05) is 24.3 Å². The van der Waals surface area contributed by atoms with E-state index >= 15 is 0 Å². The highest BCUT2D eigenvalue weighted by Gasteiger charge is 2.24. The number of anilines is 1. The van der Waals surface area contributed by atoms with Crippen LogP contribution in [0.15, 0.2) is 48.5 Å². The zero-order valence-corrected chi connectivity index (χ0v) is 15.7. The van der Waals surface area contributed by atoms with Crippen molar-refractivity contribution < 1.29 is 18.9 Å². The molecule has 1 fully saturated rings. The van der Waals surface area contributed by atoms with Gasteiger partial charge in [-0.3, -0.25) is 24.6 Å². The van der Waals surface area contributed by atoms with E-state index in [2.05, 4.69) is 5.32 Å². The number of carbonyl (C=O) groups excluding carboxylic acids is 2. The number of nitro groups is 1. The average molecular weight is 400 g/mol. The molecule has 0 unspecified atom stereocenters. The van der Waals surface area contributed by atoms with Crippen molar-refractivity contribution in [2.24, 2.45) is 0 Å². The van der Waals surface area contributed by atoms with Crippen molar-refractivity contribution in [1.82, 2.24) is 9.80 Å². The summed E-state index contributed by atoms with van der Waals surface area (Å²) in [7, 11) is 0. The molecule has 1 aliphatic heterocycles. The zero-order valence-electron chi connectivity index (χ0n) is 15.7. The molecular formula is C20H21FN4O4. The molecule has 0 atom stereocenters. The van der Waals surface area contributed by atoms with Crippen LogP contribution in [0.1, 0.15) is 5.56 Å². The Balaban J connectivity index is 1.48. The van der Waals surface area contributed by atoms with Crippen LogP contribution in [-0.2, 0) is 16.0 Å². The normalized spacial score (nSPS) is 14.4. The molecule has 8 nitrogen and oxygen atoms in total. The second-order valence-corrected chi connectivity index (χ2v) is 6.78. The van der Waals surface area contributed by atoms with E-state index in [1.807, 2.05) is 4.90 Å². The van der Waals surface area contributed by atoms with Crippen molar-refractivity contribution in [3.63, 3.8) is 0 Å². The predicted octanol–water partition coefficient (Wildman–Crippen LogP) is 2.06. The molecule has 9 heteroatoms. The molecule has 152 valence electrons. The van der Waals surface area contributed by atoms with Gasteiger partial charge in [-0.2, -0.15) is 0 Å². The molecule has 3 rings (SSSR count). The monoisotopic (exact) mass is 400 g/mol. The maximum atomic E-state index is 13.2. The molecular weight excluding hydrogens is 379 g/mol. The molecule has 1 aliphatic rings. The first-order chi connectivity index (χ1) is 13.9. The number of carbonyl (C=O) groups is 2. The summed E-state index contributed by atoms with van der Waals surface area (Å²) in [6.07, 6.45) is -0.0305. The topological polar surface area (TPSA) is 95.8 Å². The van der Waals surface area contributed by atoms with E-state index in [0.29, 0.717) is 37.4 Å². The van der Waals surface area contributed by atoms with Gasteiger partial charge in [0.15, 0.2) is 0 Å². The van der Waals surface area contributed by atoms with Crippen LogP contribution in [0.2, 0.25) is 0 Å².